The predicted molar refractivity (Wildman–Crippen MR) is 102 cm³/mol. The molecular weight excluding hydrogens is 332 g/mol. The molecule has 0 saturated heterocycles. The smallest absolute Gasteiger partial charge is 0.257 e. The van der Waals surface area contributed by atoms with E-state index in [1.54, 1.807) is 7.11 Å². The van der Waals surface area contributed by atoms with Gasteiger partial charge in [-0.2, -0.15) is 0 Å². The third-order valence-corrected chi connectivity index (χ3v) is 4.64. The number of rotatable bonds is 6. The van der Waals surface area contributed by atoms with E-state index in [0.29, 0.717) is 17.3 Å². The summed E-state index contributed by atoms with van der Waals surface area (Å²) in [6.45, 7) is 2.71. The van der Waals surface area contributed by atoms with Gasteiger partial charge in [-0.05, 0) is 31.0 Å². The number of carbonyl (C=O) groups excluding carboxylic acids is 1. The van der Waals surface area contributed by atoms with E-state index in [-0.39, 0.29) is 5.91 Å². The van der Waals surface area contributed by atoms with Crippen molar-refractivity contribution in [3.63, 3.8) is 0 Å². The van der Waals surface area contributed by atoms with Crippen molar-refractivity contribution in [2.45, 2.75) is 13.3 Å². The molecule has 4 nitrogen and oxygen atoms in total. The molecule has 1 heterocycles. The fourth-order valence-electron chi connectivity index (χ4n) is 2.40. The van der Waals surface area contributed by atoms with E-state index >= 15 is 0 Å². The minimum Gasteiger partial charge on any atom is -0.384 e. The Morgan fingerprint density at radius 3 is 2.52 bits per heavy atom. The first-order valence-corrected chi connectivity index (χ1v) is 8.95. The molecule has 1 amide bonds. The van der Waals surface area contributed by atoms with E-state index in [9.17, 15) is 4.79 Å². The van der Waals surface area contributed by atoms with Gasteiger partial charge in [0.05, 0.1) is 12.3 Å². The maximum absolute atomic E-state index is 12.3. The van der Waals surface area contributed by atoms with Crippen molar-refractivity contribution >= 4 is 22.4 Å². The first kappa shape index (κ1) is 17.3. The lowest BCUT2D eigenvalue weighted by molar-refractivity contribution is 0.102. The average Bonchev–Trinajstić information content (AvgIpc) is 3.09. The minimum absolute atomic E-state index is 0.143. The summed E-state index contributed by atoms with van der Waals surface area (Å²) >= 11 is 1.43. The van der Waals surface area contributed by atoms with Crippen molar-refractivity contribution in [1.82, 2.24) is 4.98 Å². The van der Waals surface area contributed by atoms with Gasteiger partial charge in [-0.25, -0.2) is 4.98 Å². The van der Waals surface area contributed by atoms with Crippen LogP contribution in [0, 0.1) is 6.92 Å². The van der Waals surface area contributed by atoms with Gasteiger partial charge in [0.25, 0.3) is 5.91 Å². The van der Waals surface area contributed by atoms with E-state index < -0.39 is 0 Å². The molecule has 0 spiro atoms. The molecule has 25 heavy (non-hydrogen) atoms. The second kappa shape index (κ2) is 8.05. The number of nitrogens with one attached hydrogen (secondary N) is 1. The van der Waals surface area contributed by atoms with Gasteiger partial charge in [0.1, 0.15) is 0 Å². The fourth-order valence-corrected chi connectivity index (χ4v) is 3.11. The summed E-state index contributed by atoms with van der Waals surface area (Å²) in [7, 11) is 1.70. The average molecular weight is 352 g/mol. The number of amides is 1. The zero-order valence-electron chi connectivity index (χ0n) is 14.3. The van der Waals surface area contributed by atoms with Crippen molar-refractivity contribution < 1.29 is 9.53 Å². The van der Waals surface area contributed by atoms with E-state index in [1.165, 1.54) is 16.9 Å². The highest BCUT2D eigenvalue weighted by molar-refractivity contribution is 7.14. The van der Waals surface area contributed by atoms with Crippen LogP contribution in [-0.4, -0.2) is 24.6 Å². The fraction of sp³-hybridized carbons (Fsp3) is 0.200. The lowest BCUT2D eigenvalue weighted by atomic mass is 10.1. The van der Waals surface area contributed by atoms with Crippen LogP contribution in [0.5, 0.6) is 0 Å². The summed E-state index contributed by atoms with van der Waals surface area (Å²) in [5, 5.41) is 5.41. The van der Waals surface area contributed by atoms with Gasteiger partial charge >= 0.3 is 0 Å². The highest BCUT2D eigenvalue weighted by Crippen LogP contribution is 2.25. The highest BCUT2D eigenvalue weighted by Gasteiger charge is 2.10. The van der Waals surface area contributed by atoms with Crippen LogP contribution in [0.4, 0.5) is 5.13 Å². The number of carbonyl (C=O) groups is 1. The molecule has 0 unspecified atom stereocenters. The summed E-state index contributed by atoms with van der Waals surface area (Å²) in [5.41, 5.74) is 4.89. The molecule has 0 atom stereocenters. The Kier molecular flexibility index (Phi) is 5.58. The van der Waals surface area contributed by atoms with Crippen molar-refractivity contribution in [2.75, 3.05) is 19.0 Å². The van der Waals surface area contributed by atoms with E-state index in [2.05, 4.69) is 22.4 Å². The monoisotopic (exact) mass is 352 g/mol. The summed E-state index contributed by atoms with van der Waals surface area (Å²) in [5.74, 6) is -0.143. The molecule has 0 bridgehead atoms. The zero-order valence-corrected chi connectivity index (χ0v) is 15.1. The van der Waals surface area contributed by atoms with Crippen LogP contribution in [0.3, 0.4) is 0 Å². The molecule has 128 valence electrons. The van der Waals surface area contributed by atoms with Crippen LogP contribution in [0.1, 0.15) is 21.5 Å². The Labute approximate surface area is 151 Å². The van der Waals surface area contributed by atoms with Crippen LogP contribution < -0.4 is 5.32 Å². The second-order valence-electron chi connectivity index (χ2n) is 5.80. The normalized spacial score (nSPS) is 10.6. The number of nitrogens with zero attached hydrogens (tertiary/aromatic N) is 1. The predicted octanol–water partition coefficient (Wildman–Crippen LogP) is 4.56. The van der Waals surface area contributed by atoms with Crippen LogP contribution in [0.15, 0.2) is 53.9 Å². The van der Waals surface area contributed by atoms with Crippen LogP contribution >= 0.6 is 11.3 Å². The van der Waals surface area contributed by atoms with E-state index in [4.69, 9.17) is 4.74 Å². The SMILES string of the molecule is COCCc1ccc(-c2csc(NC(=O)c3ccc(C)cc3)n2)cc1. The Morgan fingerprint density at radius 1 is 1.12 bits per heavy atom. The standard InChI is InChI=1S/C20H20N2O2S/c1-14-3-7-17(8-4-14)19(23)22-20-21-18(13-25-20)16-9-5-15(6-10-16)11-12-24-2/h3-10,13H,11-12H2,1-2H3,(H,21,22,23). The van der Waals surface area contributed by atoms with Crippen LogP contribution in [0.25, 0.3) is 11.3 Å². The van der Waals surface area contributed by atoms with Gasteiger partial charge in [0, 0.05) is 23.6 Å². The summed E-state index contributed by atoms with van der Waals surface area (Å²) < 4.78 is 5.09. The molecule has 0 aliphatic carbocycles. The number of anilines is 1. The number of hydrogen-bond acceptors (Lipinski definition) is 4. The number of aromatic nitrogens is 1. The summed E-state index contributed by atoms with van der Waals surface area (Å²) in [4.78, 5) is 16.8. The molecule has 0 aliphatic heterocycles. The Balaban J connectivity index is 1.67. The summed E-state index contributed by atoms with van der Waals surface area (Å²) in [6, 6.07) is 15.7. The van der Waals surface area contributed by atoms with Crippen molar-refractivity contribution in [3.05, 3.63) is 70.6 Å². The molecule has 0 fully saturated rings. The number of benzene rings is 2. The zero-order chi connectivity index (χ0) is 17.6. The van der Waals surface area contributed by atoms with Crippen molar-refractivity contribution in [3.8, 4) is 11.3 Å². The second-order valence-corrected chi connectivity index (χ2v) is 6.66. The molecular formula is C20H20N2O2S. The van der Waals surface area contributed by atoms with Gasteiger partial charge in [0.15, 0.2) is 5.13 Å². The summed E-state index contributed by atoms with van der Waals surface area (Å²) in [6.07, 6.45) is 0.895. The number of aryl methyl sites for hydroxylation is 1. The molecule has 5 heteroatoms. The molecule has 1 aromatic heterocycles. The van der Waals surface area contributed by atoms with Gasteiger partial charge in [-0.1, -0.05) is 42.0 Å². The highest BCUT2D eigenvalue weighted by atomic mass is 32.1. The third kappa shape index (κ3) is 4.53. The third-order valence-electron chi connectivity index (χ3n) is 3.88. The van der Waals surface area contributed by atoms with Crippen LogP contribution in [0.2, 0.25) is 0 Å². The number of hydrogen-bond donors (Lipinski definition) is 1. The largest absolute Gasteiger partial charge is 0.384 e. The Bertz CT molecular complexity index is 839. The minimum atomic E-state index is -0.143. The van der Waals surface area contributed by atoms with Gasteiger partial charge in [-0.15, -0.1) is 11.3 Å². The lowest BCUT2D eigenvalue weighted by Crippen LogP contribution is -2.11. The number of ether oxygens (including phenoxy) is 1. The topological polar surface area (TPSA) is 51.2 Å². The first-order chi connectivity index (χ1) is 12.2. The van der Waals surface area contributed by atoms with Gasteiger partial charge in [0.2, 0.25) is 0 Å². The van der Waals surface area contributed by atoms with E-state index in [0.717, 1.165) is 23.2 Å². The maximum atomic E-state index is 12.3. The molecule has 0 radical (unpaired) electrons. The molecule has 2 aromatic carbocycles. The maximum Gasteiger partial charge on any atom is 0.257 e. The quantitative estimate of drug-likeness (QED) is 0.707. The Morgan fingerprint density at radius 2 is 1.84 bits per heavy atom. The molecule has 0 aliphatic rings. The van der Waals surface area contributed by atoms with Gasteiger partial charge in [-0.3, -0.25) is 10.1 Å². The molecule has 0 saturated carbocycles. The Hall–Kier alpha value is -2.50. The van der Waals surface area contributed by atoms with Crippen LogP contribution in [-0.2, 0) is 11.2 Å². The first-order valence-electron chi connectivity index (χ1n) is 8.07. The number of thiazole rings is 1. The molecule has 3 aromatic rings. The number of methoxy groups -OCH3 is 1. The van der Waals surface area contributed by atoms with Crippen molar-refractivity contribution in [1.29, 1.82) is 0 Å². The van der Waals surface area contributed by atoms with E-state index in [1.807, 2.05) is 48.7 Å². The van der Waals surface area contributed by atoms with Gasteiger partial charge < -0.3 is 4.74 Å². The lowest BCUT2D eigenvalue weighted by Gasteiger charge is -2.03. The molecule has 1 N–H and O–H groups in total. The van der Waals surface area contributed by atoms with Crippen molar-refractivity contribution in [2.24, 2.45) is 0 Å². The molecule has 3 rings (SSSR count).